The number of furan rings is 2. The number of hydrogen-bond donors (Lipinski definition) is 0. The van der Waals surface area contributed by atoms with Gasteiger partial charge in [-0.3, -0.25) is 0 Å². The number of anilines is 6. The van der Waals surface area contributed by atoms with E-state index in [1.54, 1.807) is 0 Å². The van der Waals surface area contributed by atoms with Gasteiger partial charge in [-0.15, -0.1) is 0 Å². The van der Waals surface area contributed by atoms with Crippen molar-refractivity contribution >= 4 is 101 Å². The molecule has 0 bridgehead atoms. The molecule has 0 atom stereocenters. The second-order valence-corrected chi connectivity index (χ2v) is 32.4. The molecule has 0 radical (unpaired) electrons. The molecule has 15 aromatic carbocycles. The Morgan fingerprint density at radius 1 is 0.243 bits per heavy atom. The second-order valence-electron chi connectivity index (χ2n) is 32.4. The van der Waals surface area contributed by atoms with Gasteiger partial charge in [0.25, 0.3) is 6.71 Å². The monoisotopic (exact) mass is 1380 g/mol. The molecule has 5 heteroatoms. The molecule has 0 fully saturated rings. The fraction of sp³-hybridized carbons (Fsp3) is 0.118. The van der Waals surface area contributed by atoms with E-state index in [0.29, 0.717) is 0 Å². The van der Waals surface area contributed by atoms with Crippen molar-refractivity contribution in [1.29, 1.82) is 0 Å². The molecule has 107 heavy (non-hydrogen) atoms. The number of rotatable bonds is 10. The Bertz CT molecular complexity index is 6380. The van der Waals surface area contributed by atoms with Gasteiger partial charge in [0.05, 0.1) is 11.4 Å². The zero-order valence-corrected chi connectivity index (χ0v) is 62.0. The van der Waals surface area contributed by atoms with E-state index < -0.39 is 0 Å². The summed E-state index contributed by atoms with van der Waals surface area (Å²) in [5, 5.41) is 4.33. The van der Waals surface area contributed by atoms with Crippen LogP contribution >= 0.6 is 0 Å². The molecule has 0 saturated carbocycles. The summed E-state index contributed by atoms with van der Waals surface area (Å²) in [6, 6.07) is 123. The first-order chi connectivity index (χ1) is 52.0. The van der Waals surface area contributed by atoms with Crippen LogP contribution in [0.5, 0.6) is 0 Å². The average Bonchev–Trinajstić information content (AvgIpc) is 1.12. The van der Waals surface area contributed by atoms with Crippen molar-refractivity contribution in [2.45, 2.75) is 78.6 Å². The number of nitrogens with zero attached hydrogens (tertiary/aromatic N) is 2. The summed E-state index contributed by atoms with van der Waals surface area (Å²) < 4.78 is 14.2. The van der Waals surface area contributed by atoms with Crippen molar-refractivity contribution in [3.63, 3.8) is 0 Å². The highest BCUT2D eigenvalue weighted by molar-refractivity contribution is 7.00. The van der Waals surface area contributed by atoms with Crippen LogP contribution in [0.3, 0.4) is 0 Å². The fourth-order valence-corrected chi connectivity index (χ4v) is 17.0. The minimum absolute atomic E-state index is 0.280. The van der Waals surface area contributed by atoms with Crippen molar-refractivity contribution in [1.82, 2.24) is 0 Å². The van der Waals surface area contributed by atoms with Crippen LogP contribution in [0.4, 0.5) is 34.1 Å². The van der Waals surface area contributed by atoms with Crippen molar-refractivity contribution < 1.29 is 8.83 Å². The topological polar surface area (TPSA) is 32.8 Å². The van der Waals surface area contributed by atoms with Gasteiger partial charge in [0.1, 0.15) is 22.3 Å². The largest absolute Gasteiger partial charge is 0.456 e. The first-order valence-corrected chi connectivity index (χ1v) is 37.6. The maximum absolute atomic E-state index is 7.28. The lowest BCUT2D eigenvalue weighted by atomic mass is 9.33. The Kier molecular flexibility index (Phi) is 15.4. The lowest BCUT2D eigenvalue weighted by Gasteiger charge is -2.47. The minimum Gasteiger partial charge on any atom is -0.456 e. The van der Waals surface area contributed by atoms with Gasteiger partial charge in [0, 0.05) is 72.1 Å². The third kappa shape index (κ3) is 11.1. The van der Waals surface area contributed by atoms with Gasteiger partial charge >= 0.3 is 0 Å². The van der Waals surface area contributed by atoms with Gasteiger partial charge in [-0.25, -0.2) is 0 Å². The van der Waals surface area contributed by atoms with Crippen LogP contribution in [0.1, 0.15) is 79.0 Å². The van der Waals surface area contributed by atoms with Crippen LogP contribution in [0.2, 0.25) is 0 Å². The third-order valence-electron chi connectivity index (χ3n) is 22.5. The van der Waals surface area contributed by atoms with E-state index in [-0.39, 0.29) is 23.0 Å². The van der Waals surface area contributed by atoms with Crippen molar-refractivity contribution in [3.05, 3.63) is 344 Å². The van der Waals surface area contributed by atoms with Crippen molar-refractivity contribution in [3.8, 4) is 89.0 Å². The molecular formula is C102H81BN2O2. The van der Waals surface area contributed by atoms with E-state index in [4.69, 9.17) is 8.83 Å². The fourth-order valence-electron chi connectivity index (χ4n) is 17.0. The predicted molar refractivity (Wildman–Crippen MR) is 455 cm³/mol. The lowest BCUT2D eigenvalue weighted by Crippen LogP contribution is -2.61. The summed E-state index contributed by atoms with van der Waals surface area (Å²) in [4.78, 5) is 5.42. The van der Waals surface area contributed by atoms with Crippen LogP contribution in [-0.2, 0) is 16.2 Å². The van der Waals surface area contributed by atoms with E-state index in [0.717, 1.165) is 167 Å². The molecular weight excluding hydrogens is 1300 g/mol. The quantitative estimate of drug-likeness (QED) is 0.128. The maximum atomic E-state index is 7.28. The lowest BCUT2D eigenvalue weighted by molar-refractivity contribution is 0.590. The minimum atomic E-state index is -0.369. The molecule has 0 N–H and O–H groups in total. The third-order valence-corrected chi connectivity index (χ3v) is 22.5. The zero-order valence-electron chi connectivity index (χ0n) is 62.0. The summed E-state index contributed by atoms with van der Waals surface area (Å²) in [5.74, 6) is 0. The highest BCUT2D eigenvalue weighted by Crippen LogP contribution is 2.57. The number of benzene rings is 15. The first-order valence-electron chi connectivity index (χ1n) is 37.6. The van der Waals surface area contributed by atoms with Crippen LogP contribution in [0.25, 0.3) is 133 Å². The Hall–Kier alpha value is -12.4. The summed E-state index contributed by atoms with van der Waals surface area (Å²) >= 11 is 0. The molecule has 2 aromatic heterocycles. The molecule has 17 aromatic rings. The van der Waals surface area contributed by atoms with E-state index in [9.17, 15) is 0 Å². The Labute approximate surface area is 627 Å². The van der Waals surface area contributed by atoms with Gasteiger partial charge in [0.2, 0.25) is 0 Å². The Morgan fingerprint density at radius 3 is 1.08 bits per heavy atom. The Balaban J connectivity index is 1.01. The molecule has 0 spiro atoms. The van der Waals surface area contributed by atoms with Crippen LogP contribution < -0.4 is 26.2 Å². The normalized spacial score (nSPS) is 12.9. The molecule has 0 amide bonds. The van der Waals surface area contributed by atoms with Gasteiger partial charge in [-0.1, -0.05) is 311 Å². The average molecular weight is 1380 g/mol. The van der Waals surface area contributed by atoms with E-state index >= 15 is 0 Å². The molecule has 4 heterocycles. The summed E-state index contributed by atoms with van der Waals surface area (Å²) in [5.41, 5.74) is 34.4. The van der Waals surface area contributed by atoms with E-state index in [1.807, 2.05) is 0 Å². The number of para-hydroxylation sites is 3. The zero-order chi connectivity index (χ0) is 72.6. The summed E-state index contributed by atoms with van der Waals surface area (Å²) in [6.45, 7) is 21.0. The van der Waals surface area contributed by atoms with Crippen LogP contribution in [0.15, 0.2) is 336 Å². The first kappa shape index (κ1) is 65.3. The smallest absolute Gasteiger partial charge is 0.252 e. The van der Waals surface area contributed by atoms with Crippen molar-refractivity contribution in [2.75, 3.05) is 9.80 Å². The highest BCUT2D eigenvalue weighted by atomic mass is 16.3. The Morgan fingerprint density at radius 2 is 0.598 bits per heavy atom. The van der Waals surface area contributed by atoms with Crippen LogP contribution in [0, 0.1) is 0 Å². The molecule has 2 aliphatic heterocycles. The molecule has 0 unspecified atom stereocenters. The van der Waals surface area contributed by atoms with Crippen LogP contribution in [-0.4, -0.2) is 6.71 Å². The van der Waals surface area contributed by atoms with Gasteiger partial charge in [0.15, 0.2) is 0 Å². The van der Waals surface area contributed by atoms with E-state index in [2.05, 4.69) is 400 Å². The second kappa shape index (κ2) is 25.1. The summed E-state index contributed by atoms with van der Waals surface area (Å²) in [7, 11) is 0. The molecule has 19 rings (SSSR count). The maximum Gasteiger partial charge on any atom is 0.252 e. The SMILES string of the molecule is CC(C)(C)c1cc(-c2cccc(-c3ccccc3)c2)c(N2c3ccc(-c4ccccc4)cc3B3c4cc(-c5ccccc5)ccc4N(c4c(-c5cccc(-c6ccccc6)c5)cc(C(C)(C)C)cc4-c4cccc5oc6ccccc6c45)c4cc(C(C)(C)C)cc2c43)c(-c2cccc3c2oc2ccccc23)c1. The summed E-state index contributed by atoms with van der Waals surface area (Å²) in [6.07, 6.45) is 0. The van der Waals surface area contributed by atoms with Gasteiger partial charge in [-0.2, -0.15) is 0 Å². The molecule has 2 aliphatic rings. The highest BCUT2D eigenvalue weighted by Gasteiger charge is 2.47. The predicted octanol–water partition coefficient (Wildman–Crippen LogP) is 26.8. The van der Waals surface area contributed by atoms with E-state index in [1.165, 1.54) is 33.1 Å². The standard InChI is InChI=1S/C102H81BN2O2/c1-100(2,3)74-58-82(72-40-26-38-68(54-72)64-30-14-10-15-31-64)97(84(60-74)78-44-29-49-94-95(78)81-43-23-25-48-93(81)106-94)104-88-52-50-70(66-34-18-12-19-35-66)56-86(88)103-87-57-71(67-36-20-13-21-37-67)51-53-89(87)105(91-63-76(102(7,8)9)62-90(104)96(91)103)98-83(73-41-27-39-69(55-73)65-32-16-11-17-33-65)59-75(101(4,5)6)61-85(98)80-46-28-45-79-77-42-22-24-47-92(77)107-99(79)80/h10-63H,1-9H3. The van der Waals surface area contributed by atoms with Gasteiger partial charge < -0.3 is 18.6 Å². The number of fused-ring (bicyclic) bond motifs is 10. The molecule has 0 saturated heterocycles. The van der Waals surface area contributed by atoms with Gasteiger partial charge in [-0.05, 0) is 189 Å². The molecule has 0 aliphatic carbocycles. The number of hydrogen-bond acceptors (Lipinski definition) is 4. The molecule has 514 valence electrons. The molecule has 4 nitrogen and oxygen atoms in total. The van der Waals surface area contributed by atoms with Crippen molar-refractivity contribution in [2.24, 2.45) is 0 Å².